The van der Waals surface area contributed by atoms with Crippen LogP contribution in [0.2, 0.25) is 5.02 Å². The van der Waals surface area contributed by atoms with E-state index in [0.29, 0.717) is 10.8 Å². The lowest BCUT2D eigenvalue weighted by molar-refractivity contribution is -0.139. The summed E-state index contributed by atoms with van der Waals surface area (Å²) in [7, 11) is 0. The van der Waals surface area contributed by atoms with Crippen LogP contribution in [-0.4, -0.2) is 22.6 Å². The summed E-state index contributed by atoms with van der Waals surface area (Å²) in [6, 6.07) is 4.78. The molecule has 1 N–H and O–H groups in total. The highest BCUT2D eigenvalue weighted by atomic mass is 35.5. The van der Waals surface area contributed by atoms with Gasteiger partial charge in [0.05, 0.1) is 17.8 Å². The van der Waals surface area contributed by atoms with E-state index in [9.17, 15) is 13.2 Å². The van der Waals surface area contributed by atoms with Crippen molar-refractivity contribution in [3.05, 3.63) is 47.4 Å². The molecule has 118 valence electrons. The third-order valence-electron chi connectivity index (χ3n) is 2.73. The largest absolute Gasteiger partial charge is 0.491 e. The fourth-order valence-corrected chi connectivity index (χ4v) is 1.90. The van der Waals surface area contributed by atoms with E-state index in [2.05, 4.69) is 15.3 Å². The quantitative estimate of drug-likeness (QED) is 0.898. The van der Waals surface area contributed by atoms with Gasteiger partial charge >= 0.3 is 6.18 Å². The number of hydrogen-bond donors (Lipinski definition) is 1. The molecule has 0 fully saturated rings. The topological polar surface area (TPSA) is 47.0 Å². The fourth-order valence-electron chi connectivity index (χ4n) is 1.74. The van der Waals surface area contributed by atoms with Gasteiger partial charge in [-0.1, -0.05) is 23.7 Å². The normalized spacial score (nSPS) is 12.8. The van der Waals surface area contributed by atoms with E-state index in [0.717, 1.165) is 6.07 Å². The van der Waals surface area contributed by atoms with Crippen LogP contribution in [0.1, 0.15) is 12.5 Å². The van der Waals surface area contributed by atoms with Gasteiger partial charge in [-0.05, 0) is 19.1 Å². The van der Waals surface area contributed by atoms with E-state index in [1.807, 2.05) is 0 Å². The van der Waals surface area contributed by atoms with Crippen LogP contribution in [0.5, 0.6) is 5.75 Å². The third kappa shape index (κ3) is 4.24. The van der Waals surface area contributed by atoms with Crippen LogP contribution >= 0.6 is 11.6 Å². The van der Waals surface area contributed by atoms with Gasteiger partial charge in [-0.15, -0.1) is 0 Å². The van der Waals surface area contributed by atoms with Crippen molar-refractivity contribution in [1.29, 1.82) is 0 Å². The minimum Gasteiger partial charge on any atom is -0.491 e. The molecule has 0 aliphatic rings. The first-order valence-corrected chi connectivity index (χ1v) is 6.77. The van der Waals surface area contributed by atoms with Crippen LogP contribution in [0, 0.1) is 0 Å². The summed E-state index contributed by atoms with van der Waals surface area (Å²) in [5.74, 6) is 0.189. The van der Waals surface area contributed by atoms with E-state index < -0.39 is 11.7 Å². The second-order valence-corrected chi connectivity index (χ2v) is 4.98. The summed E-state index contributed by atoms with van der Waals surface area (Å²) in [5, 5.41) is 3.27. The number of anilines is 1. The summed E-state index contributed by atoms with van der Waals surface area (Å²) in [6.07, 6.45) is -1.71. The molecule has 2 rings (SSSR count). The number of benzene rings is 1. The second-order valence-electron chi connectivity index (χ2n) is 4.57. The van der Waals surface area contributed by atoms with Gasteiger partial charge in [-0.2, -0.15) is 13.2 Å². The van der Waals surface area contributed by atoms with Crippen LogP contribution < -0.4 is 10.1 Å². The molecule has 4 nitrogen and oxygen atoms in total. The Morgan fingerprint density at radius 1 is 1.32 bits per heavy atom. The standard InChI is InChI=1S/C14H13ClF3N3O/c1-9(21-13-11(15)6-19-8-20-13)7-22-12-5-3-2-4-10(12)14(16,17)18/h2-6,8-9H,7H2,1H3,(H,19,20,21). The predicted molar refractivity (Wildman–Crippen MR) is 77.1 cm³/mol. The number of hydrogen-bond acceptors (Lipinski definition) is 4. The Kier molecular flexibility index (Phi) is 5.07. The molecule has 0 bridgehead atoms. The number of para-hydroxylation sites is 1. The Labute approximate surface area is 130 Å². The van der Waals surface area contributed by atoms with E-state index in [1.165, 1.54) is 30.7 Å². The molecule has 22 heavy (non-hydrogen) atoms. The Morgan fingerprint density at radius 3 is 2.73 bits per heavy atom. The van der Waals surface area contributed by atoms with Gasteiger partial charge in [-0.3, -0.25) is 0 Å². The highest BCUT2D eigenvalue weighted by molar-refractivity contribution is 6.32. The third-order valence-corrected chi connectivity index (χ3v) is 3.01. The first kappa shape index (κ1) is 16.4. The van der Waals surface area contributed by atoms with Crippen LogP contribution in [0.15, 0.2) is 36.8 Å². The van der Waals surface area contributed by atoms with Crippen LogP contribution in [0.4, 0.5) is 19.0 Å². The van der Waals surface area contributed by atoms with Crippen molar-refractivity contribution in [2.45, 2.75) is 19.1 Å². The van der Waals surface area contributed by atoms with Gasteiger partial charge in [-0.25, -0.2) is 9.97 Å². The molecule has 0 aliphatic carbocycles. The number of halogens is 4. The van der Waals surface area contributed by atoms with Crippen molar-refractivity contribution in [1.82, 2.24) is 9.97 Å². The van der Waals surface area contributed by atoms with Crippen molar-refractivity contribution in [2.24, 2.45) is 0 Å². The summed E-state index contributed by atoms with van der Waals surface area (Å²) < 4.78 is 43.8. The maximum absolute atomic E-state index is 12.8. The smallest absolute Gasteiger partial charge is 0.419 e. The van der Waals surface area contributed by atoms with Gasteiger partial charge in [0.25, 0.3) is 0 Å². The molecular formula is C14H13ClF3N3O. The monoisotopic (exact) mass is 331 g/mol. The molecule has 1 aromatic carbocycles. The Bertz CT molecular complexity index is 637. The molecule has 1 aromatic heterocycles. The molecule has 0 saturated heterocycles. The van der Waals surface area contributed by atoms with Crippen molar-refractivity contribution in [3.63, 3.8) is 0 Å². The van der Waals surface area contributed by atoms with Crippen LogP contribution in [-0.2, 0) is 6.18 Å². The summed E-state index contributed by atoms with van der Waals surface area (Å²) in [5.41, 5.74) is -0.803. The Balaban J connectivity index is 2.00. The van der Waals surface area contributed by atoms with E-state index in [-0.39, 0.29) is 18.4 Å². The SMILES string of the molecule is CC(COc1ccccc1C(F)(F)F)Nc1ncncc1Cl. The average molecular weight is 332 g/mol. The van der Waals surface area contributed by atoms with Gasteiger partial charge in [0.2, 0.25) is 0 Å². The number of nitrogens with zero attached hydrogens (tertiary/aromatic N) is 2. The molecule has 0 aliphatic heterocycles. The molecule has 0 amide bonds. The van der Waals surface area contributed by atoms with Gasteiger partial charge in [0.1, 0.15) is 29.5 Å². The maximum Gasteiger partial charge on any atom is 0.419 e. The summed E-state index contributed by atoms with van der Waals surface area (Å²) in [6.45, 7) is 1.77. The molecular weight excluding hydrogens is 319 g/mol. The molecule has 8 heteroatoms. The molecule has 1 heterocycles. The maximum atomic E-state index is 12.8. The van der Waals surface area contributed by atoms with E-state index in [4.69, 9.17) is 16.3 Å². The van der Waals surface area contributed by atoms with Crippen molar-refractivity contribution in [3.8, 4) is 5.75 Å². The van der Waals surface area contributed by atoms with Crippen LogP contribution in [0.3, 0.4) is 0 Å². The van der Waals surface area contributed by atoms with Gasteiger partial charge < -0.3 is 10.1 Å². The number of ether oxygens (including phenoxy) is 1. The lowest BCUT2D eigenvalue weighted by Gasteiger charge is -2.18. The number of nitrogens with one attached hydrogen (secondary N) is 1. The van der Waals surface area contributed by atoms with Crippen LogP contribution in [0.25, 0.3) is 0 Å². The van der Waals surface area contributed by atoms with Crippen molar-refractivity contribution in [2.75, 3.05) is 11.9 Å². The number of aromatic nitrogens is 2. The lowest BCUT2D eigenvalue weighted by Crippen LogP contribution is -2.25. The van der Waals surface area contributed by atoms with Gasteiger partial charge in [0.15, 0.2) is 0 Å². The zero-order chi connectivity index (χ0) is 16.2. The van der Waals surface area contributed by atoms with Crippen molar-refractivity contribution < 1.29 is 17.9 Å². The molecule has 0 saturated carbocycles. The molecule has 0 spiro atoms. The van der Waals surface area contributed by atoms with Crippen molar-refractivity contribution >= 4 is 17.4 Å². The van der Waals surface area contributed by atoms with E-state index >= 15 is 0 Å². The number of rotatable bonds is 5. The minimum absolute atomic E-state index is 0.0213. The minimum atomic E-state index is -4.46. The summed E-state index contributed by atoms with van der Waals surface area (Å²) in [4.78, 5) is 7.69. The molecule has 2 aromatic rings. The zero-order valence-electron chi connectivity index (χ0n) is 11.6. The fraction of sp³-hybridized carbons (Fsp3) is 0.286. The summed E-state index contributed by atoms with van der Waals surface area (Å²) >= 11 is 5.89. The Hall–Kier alpha value is -2.02. The van der Waals surface area contributed by atoms with E-state index in [1.54, 1.807) is 6.92 Å². The molecule has 1 unspecified atom stereocenters. The first-order valence-electron chi connectivity index (χ1n) is 6.39. The molecule has 1 atom stereocenters. The second kappa shape index (κ2) is 6.83. The first-order chi connectivity index (χ1) is 10.4. The highest BCUT2D eigenvalue weighted by Gasteiger charge is 2.34. The lowest BCUT2D eigenvalue weighted by atomic mass is 10.2. The highest BCUT2D eigenvalue weighted by Crippen LogP contribution is 2.35. The Morgan fingerprint density at radius 2 is 2.05 bits per heavy atom. The van der Waals surface area contributed by atoms with Gasteiger partial charge in [0, 0.05) is 0 Å². The average Bonchev–Trinajstić information content (AvgIpc) is 2.47. The number of alkyl halides is 3. The predicted octanol–water partition coefficient (Wildman–Crippen LogP) is 4.03. The zero-order valence-corrected chi connectivity index (χ0v) is 12.3. The molecule has 0 radical (unpaired) electrons.